The van der Waals surface area contributed by atoms with E-state index in [0.717, 1.165) is 18.7 Å². The average molecular weight is 314 g/mol. The first kappa shape index (κ1) is 16.5. The van der Waals surface area contributed by atoms with Crippen molar-refractivity contribution in [2.24, 2.45) is 0 Å². The number of H-pyrrole nitrogens is 1. The second-order valence-corrected chi connectivity index (χ2v) is 8.04. The molecule has 0 atom stereocenters. The van der Waals surface area contributed by atoms with Gasteiger partial charge in [0, 0.05) is 38.1 Å². The van der Waals surface area contributed by atoms with Crippen molar-refractivity contribution in [3.05, 3.63) is 18.0 Å². The number of aromatic amines is 1. The maximum atomic E-state index is 12.4. The molecular formula is C14H26N4O2S. The molecule has 0 spiro atoms. The van der Waals surface area contributed by atoms with Crippen LogP contribution >= 0.6 is 0 Å². The molecule has 0 aliphatic heterocycles. The van der Waals surface area contributed by atoms with Crippen molar-refractivity contribution in [3.63, 3.8) is 0 Å². The van der Waals surface area contributed by atoms with E-state index in [2.05, 4.69) is 15.2 Å². The smallest absolute Gasteiger partial charge is 0.244 e. The minimum Gasteiger partial charge on any atom is -0.363 e. The summed E-state index contributed by atoms with van der Waals surface area (Å²) in [7, 11) is 2.23. The number of aromatic nitrogens is 1. The van der Waals surface area contributed by atoms with E-state index in [-0.39, 0.29) is 0 Å². The first-order chi connectivity index (χ1) is 9.89. The molecular weight excluding hydrogens is 288 g/mol. The number of rotatable bonds is 9. The highest BCUT2D eigenvalue weighted by atomic mass is 32.2. The molecule has 1 aromatic heterocycles. The Hall–Kier alpha value is -0.890. The van der Waals surface area contributed by atoms with E-state index < -0.39 is 10.0 Å². The number of hydrogen-bond donors (Lipinski definition) is 2. The van der Waals surface area contributed by atoms with Crippen LogP contribution < -0.4 is 5.32 Å². The average Bonchev–Trinajstić information content (AvgIpc) is 3.12. The summed E-state index contributed by atoms with van der Waals surface area (Å²) in [6.45, 7) is 2.11. The van der Waals surface area contributed by atoms with Crippen molar-refractivity contribution in [1.29, 1.82) is 0 Å². The first-order valence-electron chi connectivity index (χ1n) is 7.41. The van der Waals surface area contributed by atoms with Crippen molar-refractivity contribution < 1.29 is 8.42 Å². The maximum absolute atomic E-state index is 12.4. The van der Waals surface area contributed by atoms with Crippen molar-refractivity contribution >= 4 is 10.0 Å². The van der Waals surface area contributed by atoms with E-state index in [0.29, 0.717) is 24.0 Å². The second kappa shape index (κ2) is 6.91. The normalized spacial score (nSPS) is 16.0. The molecule has 21 heavy (non-hydrogen) atoms. The molecule has 0 radical (unpaired) electrons. The van der Waals surface area contributed by atoms with Crippen LogP contribution in [0.5, 0.6) is 0 Å². The van der Waals surface area contributed by atoms with Gasteiger partial charge in [-0.15, -0.1) is 0 Å². The summed E-state index contributed by atoms with van der Waals surface area (Å²) < 4.78 is 26.3. The molecule has 1 fully saturated rings. The largest absolute Gasteiger partial charge is 0.363 e. The van der Waals surface area contributed by atoms with Crippen LogP contribution in [-0.2, 0) is 16.6 Å². The lowest BCUT2D eigenvalue weighted by atomic mass is 10.4. The van der Waals surface area contributed by atoms with E-state index in [1.54, 1.807) is 19.3 Å². The molecule has 1 heterocycles. The molecule has 1 aliphatic carbocycles. The van der Waals surface area contributed by atoms with Crippen molar-refractivity contribution in [2.75, 3.05) is 34.2 Å². The molecule has 1 saturated carbocycles. The Morgan fingerprint density at radius 3 is 2.62 bits per heavy atom. The van der Waals surface area contributed by atoms with Crippen LogP contribution in [0.4, 0.5) is 0 Å². The number of nitrogens with zero attached hydrogens (tertiary/aromatic N) is 2. The summed E-state index contributed by atoms with van der Waals surface area (Å²) in [5.41, 5.74) is 0.919. The Balaban J connectivity index is 1.90. The van der Waals surface area contributed by atoms with E-state index in [1.165, 1.54) is 17.1 Å². The van der Waals surface area contributed by atoms with Gasteiger partial charge < -0.3 is 15.2 Å². The third-order valence-corrected chi connectivity index (χ3v) is 5.50. The molecule has 0 amide bonds. The number of sulfonamides is 1. The van der Waals surface area contributed by atoms with Gasteiger partial charge in [0.05, 0.1) is 4.90 Å². The van der Waals surface area contributed by atoms with Gasteiger partial charge in [0.25, 0.3) is 0 Å². The van der Waals surface area contributed by atoms with Gasteiger partial charge in [-0.3, -0.25) is 0 Å². The highest BCUT2D eigenvalue weighted by molar-refractivity contribution is 7.89. The van der Waals surface area contributed by atoms with Gasteiger partial charge in [0.15, 0.2) is 0 Å². The zero-order chi connectivity index (χ0) is 15.5. The molecule has 7 heteroatoms. The quantitative estimate of drug-likeness (QED) is 0.709. The molecule has 0 saturated heterocycles. The number of hydrogen-bond acceptors (Lipinski definition) is 4. The molecule has 2 rings (SSSR count). The molecule has 120 valence electrons. The minimum absolute atomic E-state index is 0.349. The summed E-state index contributed by atoms with van der Waals surface area (Å²) >= 11 is 0. The Kier molecular flexibility index (Phi) is 5.43. The fraction of sp³-hybridized carbons (Fsp3) is 0.714. The highest BCUT2D eigenvalue weighted by Gasteiger charge is 2.23. The molecule has 0 bridgehead atoms. The van der Waals surface area contributed by atoms with E-state index >= 15 is 0 Å². The fourth-order valence-corrected chi connectivity index (χ4v) is 3.35. The minimum atomic E-state index is -3.38. The third-order valence-electron chi connectivity index (χ3n) is 3.66. The van der Waals surface area contributed by atoms with Crippen LogP contribution in [-0.4, -0.2) is 62.9 Å². The van der Waals surface area contributed by atoms with Crippen LogP contribution in [0, 0.1) is 0 Å². The topological polar surface area (TPSA) is 68.4 Å². The summed E-state index contributed by atoms with van der Waals surface area (Å²) in [5, 5.41) is 3.37. The molecule has 0 unspecified atom stereocenters. The standard InChI is InChI=1S/C14H26N4O2S/c1-17(2)7-4-8-18(3)21(19,20)14-9-13(16-11-14)10-15-12-5-6-12/h9,11-12,15-16H,4-8,10H2,1-3H3. The summed E-state index contributed by atoms with van der Waals surface area (Å²) in [6, 6.07) is 2.34. The lowest BCUT2D eigenvalue weighted by molar-refractivity contribution is 0.370. The van der Waals surface area contributed by atoms with Crippen LogP contribution in [0.1, 0.15) is 25.0 Å². The predicted molar refractivity (Wildman–Crippen MR) is 83.6 cm³/mol. The molecule has 0 aromatic carbocycles. The van der Waals surface area contributed by atoms with Gasteiger partial charge in [-0.05, 0) is 46.0 Å². The Bertz CT molecular complexity index is 549. The molecule has 1 aromatic rings. The van der Waals surface area contributed by atoms with Gasteiger partial charge in [-0.25, -0.2) is 12.7 Å². The lowest BCUT2D eigenvalue weighted by Gasteiger charge is -2.17. The van der Waals surface area contributed by atoms with Crippen molar-refractivity contribution in [1.82, 2.24) is 19.5 Å². The van der Waals surface area contributed by atoms with Gasteiger partial charge in [0.1, 0.15) is 0 Å². The monoisotopic (exact) mass is 314 g/mol. The van der Waals surface area contributed by atoms with Crippen molar-refractivity contribution in [3.8, 4) is 0 Å². The SMILES string of the molecule is CN(C)CCCN(C)S(=O)(=O)c1c[nH]c(CNC2CC2)c1. The first-order valence-corrected chi connectivity index (χ1v) is 8.85. The highest BCUT2D eigenvalue weighted by Crippen LogP contribution is 2.20. The zero-order valence-electron chi connectivity index (χ0n) is 13.1. The Morgan fingerprint density at radius 1 is 1.29 bits per heavy atom. The Morgan fingerprint density at radius 2 is 2.00 bits per heavy atom. The van der Waals surface area contributed by atoms with Gasteiger partial charge in [-0.2, -0.15) is 0 Å². The third kappa shape index (κ3) is 4.81. The second-order valence-electron chi connectivity index (χ2n) is 6.00. The van der Waals surface area contributed by atoms with E-state index in [4.69, 9.17) is 0 Å². The van der Waals surface area contributed by atoms with E-state index in [1.807, 2.05) is 14.1 Å². The molecule has 1 aliphatic rings. The van der Waals surface area contributed by atoms with Crippen LogP contribution in [0.25, 0.3) is 0 Å². The maximum Gasteiger partial charge on any atom is 0.244 e. The van der Waals surface area contributed by atoms with Gasteiger partial charge >= 0.3 is 0 Å². The number of nitrogens with one attached hydrogen (secondary N) is 2. The van der Waals surface area contributed by atoms with Gasteiger partial charge in [-0.1, -0.05) is 0 Å². The summed E-state index contributed by atoms with van der Waals surface area (Å²) in [5.74, 6) is 0. The van der Waals surface area contributed by atoms with Gasteiger partial charge in [0.2, 0.25) is 10.0 Å². The van der Waals surface area contributed by atoms with Crippen molar-refractivity contribution in [2.45, 2.75) is 36.7 Å². The fourth-order valence-electron chi connectivity index (χ4n) is 2.12. The predicted octanol–water partition coefficient (Wildman–Crippen LogP) is 0.839. The summed E-state index contributed by atoms with van der Waals surface area (Å²) in [4.78, 5) is 5.45. The lowest BCUT2D eigenvalue weighted by Crippen LogP contribution is -2.29. The molecule has 2 N–H and O–H groups in total. The van der Waals surface area contributed by atoms with Crippen LogP contribution in [0.2, 0.25) is 0 Å². The van der Waals surface area contributed by atoms with Crippen LogP contribution in [0.3, 0.4) is 0 Å². The summed E-state index contributed by atoms with van der Waals surface area (Å²) in [6.07, 6.45) is 4.85. The molecule has 6 nitrogen and oxygen atoms in total. The zero-order valence-corrected chi connectivity index (χ0v) is 13.9. The van der Waals surface area contributed by atoms with Crippen LogP contribution in [0.15, 0.2) is 17.2 Å². The van der Waals surface area contributed by atoms with E-state index in [9.17, 15) is 8.42 Å². The Labute approximate surface area is 127 Å².